The average molecular weight is 536 g/mol. The number of aromatic carboxylic acids is 1. The highest BCUT2D eigenvalue weighted by atomic mass is 16.5. The zero-order valence-corrected chi connectivity index (χ0v) is 23.3. The van der Waals surface area contributed by atoms with Gasteiger partial charge in [0.15, 0.2) is 0 Å². The van der Waals surface area contributed by atoms with Gasteiger partial charge in [0, 0.05) is 26.2 Å². The van der Waals surface area contributed by atoms with E-state index in [2.05, 4.69) is 31.0 Å². The first-order valence-electron chi connectivity index (χ1n) is 14.1. The molecule has 0 radical (unpaired) electrons. The Morgan fingerprint density at radius 2 is 1.82 bits per heavy atom. The molecule has 0 saturated carbocycles. The summed E-state index contributed by atoms with van der Waals surface area (Å²) in [5, 5.41) is 12.2. The number of hydrogen-bond donors (Lipinski definition) is 2. The van der Waals surface area contributed by atoms with Crippen LogP contribution in [0.25, 0.3) is 0 Å². The molecule has 8 heteroatoms. The van der Waals surface area contributed by atoms with Crippen molar-refractivity contribution >= 4 is 17.8 Å². The Hall–Kier alpha value is -3.39. The molecule has 1 atom stereocenters. The van der Waals surface area contributed by atoms with Crippen molar-refractivity contribution in [1.82, 2.24) is 15.1 Å². The molecule has 2 saturated heterocycles. The normalized spacial score (nSPS) is 19.4. The summed E-state index contributed by atoms with van der Waals surface area (Å²) in [4.78, 5) is 42.3. The fourth-order valence-electron chi connectivity index (χ4n) is 5.64. The van der Waals surface area contributed by atoms with E-state index in [1.165, 1.54) is 0 Å². The lowest BCUT2D eigenvalue weighted by Gasteiger charge is -2.52. The molecule has 210 valence electrons. The van der Waals surface area contributed by atoms with Crippen molar-refractivity contribution in [2.75, 3.05) is 19.6 Å². The topological polar surface area (TPSA) is 99.2 Å². The van der Waals surface area contributed by atoms with E-state index in [0.29, 0.717) is 38.3 Å². The van der Waals surface area contributed by atoms with Gasteiger partial charge in [-0.1, -0.05) is 51.5 Å². The number of nitrogens with one attached hydrogen (secondary N) is 1. The minimum absolute atomic E-state index is 0.0129. The molecule has 2 amide bonds. The van der Waals surface area contributed by atoms with Gasteiger partial charge in [0.2, 0.25) is 11.8 Å². The zero-order valence-electron chi connectivity index (χ0n) is 23.3. The van der Waals surface area contributed by atoms with Crippen molar-refractivity contribution in [3.63, 3.8) is 0 Å². The first kappa shape index (κ1) is 28.6. The molecule has 0 aromatic heterocycles. The van der Waals surface area contributed by atoms with E-state index < -0.39 is 17.6 Å². The van der Waals surface area contributed by atoms with Crippen LogP contribution >= 0.6 is 0 Å². The lowest BCUT2D eigenvalue weighted by Crippen LogP contribution is -2.73. The van der Waals surface area contributed by atoms with Crippen molar-refractivity contribution in [3.05, 3.63) is 65.2 Å². The largest absolute Gasteiger partial charge is 0.489 e. The van der Waals surface area contributed by atoms with E-state index in [4.69, 9.17) is 9.84 Å². The number of ether oxygens (including phenoxy) is 1. The Kier molecular flexibility index (Phi) is 9.28. The number of rotatable bonds is 11. The van der Waals surface area contributed by atoms with Gasteiger partial charge in [-0.25, -0.2) is 4.79 Å². The molecule has 2 heterocycles. The van der Waals surface area contributed by atoms with Crippen LogP contribution in [0.15, 0.2) is 48.5 Å². The first-order chi connectivity index (χ1) is 18.7. The highest BCUT2D eigenvalue weighted by molar-refractivity contribution is 6.00. The molecule has 8 nitrogen and oxygen atoms in total. The van der Waals surface area contributed by atoms with Crippen LogP contribution < -0.4 is 10.1 Å². The first-order valence-corrected chi connectivity index (χ1v) is 14.1. The van der Waals surface area contributed by atoms with E-state index in [9.17, 15) is 14.4 Å². The third-order valence-electron chi connectivity index (χ3n) is 7.84. The molecule has 1 spiro atoms. The third-order valence-corrected chi connectivity index (χ3v) is 7.84. The Labute approximate surface area is 231 Å². The highest BCUT2D eigenvalue weighted by Crippen LogP contribution is 2.34. The molecule has 2 aromatic rings. The van der Waals surface area contributed by atoms with Crippen LogP contribution in [0.2, 0.25) is 0 Å². The number of carboxylic acids is 1. The number of nitrogens with zero attached hydrogens (tertiary/aromatic N) is 2. The van der Waals surface area contributed by atoms with E-state index in [1.54, 1.807) is 18.2 Å². The van der Waals surface area contributed by atoms with Crippen LogP contribution in [0.1, 0.15) is 74.4 Å². The van der Waals surface area contributed by atoms with Crippen molar-refractivity contribution in [3.8, 4) is 5.75 Å². The van der Waals surface area contributed by atoms with Crippen molar-refractivity contribution in [1.29, 1.82) is 0 Å². The van der Waals surface area contributed by atoms with Crippen LogP contribution in [0, 0.1) is 5.92 Å². The van der Waals surface area contributed by atoms with Gasteiger partial charge in [-0.2, -0.15) is 0 Å². The number of carboxylic acid groups (broad SMARTS) is 1. The molecule has 2 aliphatic heterocycles. The third kappa shape index (κ3) is 6.79. The van der Waals surface area contributed by atoms with Gasteiger partial charge in [-0.3, -0.25) is 14.5 Å². The number of amides is 2. The smallest absolute Gasteiger partial charge is 0.335 e. The molecule has 2 fully saturated rings. The second kappa shape index (κ2) is 12.6. The fourth-order valence-corrected chi connectivity index (χ4v) is 5.64. The van der Waals surface area contributed by atoms with E-state index in [0.717, 1.165) is 49.4 Å². The summed E-state index contributed by atoms with van der Waals surface area (Å²) in [7, 11) is 0. The number of carbonyl (C=O) groups excluding carboxylic acids is 2. The van der Waals surface area contributed by atoms with Gasteiger partial charge in [-0.15, -0.1) is 0 Å². The van der Waals surface area contributed by atoms with Crippen LogP contribution in [0.5, 0.6) is 5.75 Å². The Bertz CT molecular complexity index is 1160. The molecule has 1 unspecified atom stereocenters. The molecule has 2 N–H and O–H groups in total. The van der Waals surface area contributed by atoms with Gasteiger partial charge in [0.05, 0.1) is 5.56 Å². The minimum atomic E-state index is -0.954. The monoisotopic (exact) mass is 535 g/mol. The Morgan fingerprint density at radius 3 is 2.46 bits per heavy atom. The minimum Gasteiger partial charge on any atom is -0.489 e. The summed E-state index contributed by atoms with van der Waals surface area (Å²) in [5.41, 5.74) is 1.45. The van der Waals surface area contributed by atoms with Crippen LogP contribution in [-0.2, 0) is 22.7 Å². The summed E-state index contributed by atoms with van der Waals surface area (Å²) < 4.78 is 5.86. The van der Waals surface area contributed by atoms with E-state index >= 15 is 0 Å². The number of carbonyl (C=O) groups is 3. The van der Waals surface area contributed by atoms with Gasteiger partial charge >= 0.3 is 5.97 Å². The SMILES string of the molecule is CCCCN1C(=O)C(CC(C)C)NC(=O)C12CCN(Cc1ccc(OCc3cccc(C(=O)O)c3)cc1)CC2. The molecule has 39 heavy (non-hydrogen) atoms. The van der Waals surface area contributed by atoms with Gasteiger partial charge in [0.1, 0.15) is 23.9 Å². The summed E-state index contributed by atoms with van der Waals surface area (Å²) in [6.45, 7) is 9.46. The number of hydrogen-bond acceptors (Lipinski definition) is 5. The average Bonchev–Trinajstić information content (AvgIpc) is 2.92. The van der Waals surface area contributed by atoms with E-state index in [-0.39, 0.29) is 17.4 Å². The van der Waals surface area contributed by atoms with Crippen molar-refractivity contribution < 1.29 is 24.2 Å². The Balaban J connectivity index is 1.34. The Morgan fingerprint density at radius 1 is 1.10 bits per heavy atom. The number of benzene rings is 2. The predicted molar refractivity (Wildman–Crippen MR) is 149 cm³/mol. The maximum Gasteiger partial charge on any atom is 0.335 e. The summed E-state index contributed by atoms with van der Waals surface area (Å²) in [5.74, 6) is 0.194. The number of piperazine rings is 1. The molecule has 2 aromatic carbocycles. The molecule has 0 aliphatic carbocycles. The number of likely N-dealkylation sites (tertiary alicyclic amines) is 1. The second-order valence-electron chi connectivity index (χ2n) is 11.2. The van der Waals surface area contributed by atoms with Gasteiger partial charge < -0.3 is 20.1 Å². The maximum atomic E-state index is 13.4. The number of piperidine rings is 1. The van der Waals surface area contributed by atoms with E-state index in [1.807, 2.05) is 35.2 Å². The van der Waals surface area contributed by atoms with Crippen LogP contribution in [0.4, 0.5) is 0 Å². The maximum absolute atomic E-state index is 13.4. The zero-order chi connectivity index (χ0) is 28.0. The summed E-state index contributed by atoms with van der Waals surface area (Å²) >= 11 is 0. The quantitative estimate of drug-likeness (QED) is 0.441. The number of unbranched alkanes of at least 4 members (excludes halogenated alkanes) is 1. The van der Waals surface area contributed by atoms with Crippen LogP contribution in [0.3, 0.4) is 0 Å². The highest BCUT2D eigenvalue weighted by Gasteiger charge is 2.53. The van der Waals surface area contributed by atoms with Gasteiger partial charge in [-0.05, 0) is 67.0 Å². The predicted octanol–water partition coefficient (Wildman–Crippen LogP) is 4.47. The standard InChI is InChI=1S/C31H41N3O5/c1-4-5-15-34-28(35)27(18-22(2)3)32-30(38)31(34)13-16-33(17-14-31)20-23-9-11-26(12-10-23)39-21-24-7-6-8-25(19-24)29(36)37/h6-12,19,22,27H,4-5,13-18,20-21H2,1-3H3,(H,32,38)(H,36,37). The van der Waals surface area contributed by atoms with Crippen LogP contribution in [-0.4, -0.2) is 63.9 Å². The molecular formula is C31H41N3O5. The van der Waals surface area contributed by atoms with Gasteiger partial charge in [0.25, 0.3) is 0 Å². The molecule has 4 rings (SSSR count). The summed E-state index contributed by atoms with van der Waals surface area (Å²) in [6, 6.07) is 14.3. The molecule has 0 bridgehead atoms. The fraction of sp³-hybridized carbons (Fsp3) is 0.516. The summed E-state index contributed by atoms with van der Waals surface area (Å²) in [6.07, 6.45) is 3.83. The van der Waals surface area contributed by atoms with Crippen molar-refractivity contribution in [2.24, 2.45) is 5.92 Å². The molecular weight excluding hydrogens is 494 g/mol. The second-order valence-corrected chi connectivity index (χ2v) is 11.2. The lowest BCUT2D eigenvalue weighted by atomic mass is 9.80. The molecule has 2 aliphatic rings. The lowest BCUT2D eigenvalue weighted by molar-refractivity contribution is -0.161. The van der Waals surface area contributed by atoms with Crippen molar-refractivity contribution in [2.45, 2.75) is 77.6 Å².